The molecule has 2 atom stereocenters. The smallest absolute Gasteiger partial charge is 0.312 e. The molecule has 0 radical (unpaired) electrons. The third-order valence-electron chi connectivity index (χ3n) is 4.65. The van der Waals surface area contributed by atoms with Gasteiger partial charge in [-0.15, -0.1) is 0 Å². The Morgan fingerprint density at radius 3 is 2.95 bits per heavy atom. The Morgan fingerprint density at radius 2 is 2.35 bits per heavy atom. The number of hydrogen-bond donors (Lipinski definition) is 1. The normalized spacial score (nSPS) is 29.8. The number of hydrogen-bond acceptors (Lipinski definition) is 3. The largest absolute Gasteiger partial charge is 0.481 e. The van der Waals surface area contributed by atoms with Crippen molar-refractivity contribution in [2.24, 2.45) is 11.3 Å². The SMILES string of the molecule is CCn1nc(C)cc1CC1(C(=O)O)CCOC1C1CC1. The molecule has 2 unspecified atom stereocenters. The number of carboxylic acid groups (broad SMARTS) is 1. The van der Waals surface area contributed by atoms with Crippen molar-refractivity contribution < 1.29 is 14.6 Å². The maximum Gasteiger partial charge on any atom is 0.312 e. The topological polar surface area (TPSA) is 64.4 Å². The average Bonchev–Trinajstić information content (AvgIpc) is 3.06. The van der Waals surface area contributed by atoms with Crippen LogP contribution in [0.4, 0.5) is 0 Å². The van der Waals surface area contributed by atoms with E-state index in [1.165, 1.54) is 0 Å². The summed E-state index contributed by atoms with van der Waals surface area (Å²) in [5.41, 5.74) is 1.20. The van der Waals surface area contributed by atoms with Gasteiger partial charge in [0.05, 0.1) is 11.8 Å². The highest BCUT2D eigenvalue weighted by Crippen LogP contribution is 2.49. The van der Waals surface area contributed by atoms with Gasteiger partial charge in [0.25, 0.3) is 0 Å². The van der Waals surface area contributed by atoms with Gasteiger partial charge in [0.15, 0.2) is 0 Å². The molecule has 1 aliphatic heterocycles. The van der Waals surface area contributed by atoms with E-state index in [-0.39, 0.29) is 6.10 Å². The van der Waals surface area contributed by atoms with Gasteiger partial charge >= 0.3 is 5.97 Å². The summed E-state index contributed by atoms with van der Waals surface area (Å²) in [6, 6.07) is 2.01. The second-order valence-corrected chi connectivity index (χ2v) is 6.11. The van der Waals surface area contributed by atoms with E-state index in [4.69, 9.17) is 4.74 Å². The molecule has 5 nitrogen and oxygen atoms in total. The number of rotatable bonds is 5. The second-order valence-electron chi connectivity index (χ2n) is 6.11. The van der Waals surface area contributed by atoms with Crippen LogP contribution in [0.3, 0.4) is 0 Å². The number of aryl methyl sites for hydroxylation is 2. The molecule has 0 aromatic carbocycles. The quantitative estimate of drug-likeness (QED) is 0.895. The maximum absolute atomic E-state index is 12.0. The monoisotopic (exact) mass is 278 g/mol. The van der Waals surface area contributed by atoms with Crippen molar-refractivity contribution in [3.05, 3.63) is 17.5 Å². The molecule has 110 valence electrons. The molecule has 1 aliphatic carbocycles. The summed E-state index contributed by atoms with van der Waals surface area (Å²) in [6.07, 6.45) is 3.22. The molecular weight excluding hydrogens is 256 g/mol. The number of nitrogens with zero attached hydrogens (tertiary/aromatic N) is 2. The summed E-state index contributed by atoms with van der Waals surface area (Å²) in [4.78, 5) is 12.0. The first-order valence-electron chi connectivity index (χ1n) is 7.45. The Morgan fingerprint density at radius 1 is 1.60 bits per heavy atom. The van der Waals surface area contributed by atoms with E-state index in [0.29, 0.717) is 25.4 Å². The van der Waals surface area contributed by atoms with Crippen LogP contribution in [0.2, 0.25) is 0 Å². The third-order valence-corrected chi connectivity index (χ3v) is 4.65. The molecule has 0 amide bonds. The van der Waals surface area contributed by atoms with Crippen LogP contribution >= 0.6 is 0 Å². The van der Waals surface area contributed by atoms with Crippen LogP contribution in [0.25, 0.3) is 0 Å². The van der Waals surface area contributed by atoms with Crippen molar-refractivity contribution in [1.82, 2.24) is 9.78 Å². The van der Waals surface area contributed by atoms with Gasteiger partial charge in [0.1, 0.15) is 5.41 Å². The number of aliphatic carboxylic acids is 1. The van der Waals surface area contributed by atoms with E-state index in [0.717, 1.165) is 30.8 Å². The lowest BCUT2D eigenvalue weighted by Gasteiger charge is -2.30. The lowest BCUT2D eigenvalue weighted by molar-refractivity contribution is -0.153. The summed E-state index contributed by atoms with van der Waals surface area (Å²) in [7, 11) is 0. The zero-order valence-corrected chi connectivity index (χ0v) is 12.1. The van der Waals surface area contributed by atoms with E-state index in [9.17, 15) is 9.90 Å². The number of aromatic nitrogens is 2. The van der Waals surface area contributed by atoms with Crippen LogP contribution in [-0.4, -0.2) is 33.6 Å². The number of carboxylic acids is 1. The fourth-order valence-corrected chi connectivity index (χ4v) is 3.49. The summed E-state index contributed by atoms with van der Waals surface area (Å²) in [6.45, 7) is 5.32. The molecule has 0 bridgehead atoms. The Labute approximate surface area is 118 Å². The number of carbonyl (C=O) groups is 1. The van der Waals surface area contributed by atoms with Gasteiger partial charge in [0, 0.05) is 25.3 Å². The first-order chi connectivity index (χ1) is 9.56. The van der Waals surface area contributed by atoms with Crippen LogP contribution in [0.5, 0.6) is 0 Å². The average molecular weight is 278 g/mol. The molecule has 2 heterocycles. The molecule has 1 aromatic rings. The van der Waals surface area contributed by atoms with Crippen LogP contribution in [0.15, 0.2) is 6.07 Å². The minimum absolute atomic E-state index is 0.125. The van der Waals surface area contributed by atoms with Crippen molar-refractivity contribution in [1.29, 1.82) is 0 Å². The highest BCUT2D eigenvalue weighted by Gasteiger charge is 2.56. The first kappa shape index (κ1) is 13.6. The molecule has 3 rings (SSSR count). The van der Waals surface area contributed by atoms with Crippen molar-refractivity contribution in [3.63, 3.8) is 0 Å². The highest BCUT2D eigenvalue weighted by molar-refractivity contribution is 5.76. The fraction of sp³-hybridized carbons (Fsp3) is 0.733. The van der Waals surface area contributed by atoms with Crippen LogP contribution < -0.4 is 0 Å². The molecule has 1 saturated carbocycles. The summed E-state index contributed by atoms with van der Waals surface area (Å²) in [5.74, 6) is -0.277. The molecular formula is C15H22N2O3. The van der Waals surface area contributed by atoms with Crippen LogP contribution in [0.1, 0.15) is 37.6 Å². The predicted octanol–water partition coefficient (Wildman–Crippen LogP) is 2.02. The molecule has 1 N–H and O–H groups in total. The third kappa shape index (κ3) is 2.14. The second kappa shape index (κ2) is 4.88. The molecule has 2 aliphatic rings. The predicted molar refractivity (Wildman–Crippen MR) is 73.5 cm³/mol. The summed E-state index contributed by atoms with van der Waals surface area (Å²) >= 11 is 0. The molecule has 5 heteroatoms. The first-order valence-corrected chi connectivity index (χ1v) is 7.45. The van der Waals surface area contributed by atoms with Crippen LogP contribution in [0, 0.1) is 18.3 Å². The molecule has 0 spiro atoms. The zero-order chi connectivity index (χ0) is 14.3. The minimum atomic E-state index is -0.763. The van der Waals surface area contributed by atoms with Crippen molar-refractivity contribution in [2.45, 2.75) is 52.2 Å². The molecule has 2 fully saturated rings. The Bertz CT molecular complexity index is 521. The maximum atomic E-state index is 12.0. The van der Waals surface area contributed by atoms with Gasteiger partial charge in [-0.05, 0) is 45.1 Å². The van der Waals surface area contributed by atoms with Crippen molar-refractivity contribution >= 4 is 5.97 Å². The molecule has 20 heavy (non-hydrogen) atoms. The fourth-order valence-electron chi connectivity index (χ4n) is 3.49. The van der Waals surface area contributed by atoms with Gasteiger partial charge in [-0.1, -0.05) is 0 Å². The zero-order valence-electron chi connectivity index (χ0n) is 12.1. The van der Waals surface area contributed by atoms with Crippen LogP contribution in [-0.2, 0) is 22.5 Å². The number of ether oxygens (including phenoxy) is 1. The molecule has 1 aromatic heterocycles. The Hall–Kier alpha value is -1.36. The summed E-state index contributed by atoms with van der Waals surface area (Å²) in [5, 5.41) is 14.3. The van der Waals surface area contributed by atoms with Gasteiger partial charge in [-0.3, -0.25) is 9.48 Å². The van der Waals surface area contributed by atoms with E-state index in [2.05, 4.69) is 5.10 Å². The standard InChI is InChI=1S/C15H22N2O3/c1-3-17-12(8-10(2)16-17)9-15(14(18)19)6-7-20-13(15)11-4-5-11/h8,11,13H,3-7,9H2,1-2H3,(H,18,19). The van der Waals surface area contributed by atoms with E-state index in [1.807, 2.05) is 24.6 Å². The van der Waals surface area contributed by atoms with E-state index in [1.54, 1.807) is 0 Å². The Kier molecular flexibility index (Phi) is 3.32. The highest BCUT2D eigenvalue weighted by atomic mass is 16.5. The van der Waals surface area contributed by atoms with E-state index < -0.39 is 11.4 Å². The van der Waals surface area contributed by atoms with Gasteiger partial charge in [-0.25, -0.2) is 0 Å². The van der Waals surface area contributed by atoms with Crippen molar-refractivity contribution in [2.75, 3.05) is 6.61 Å². The lowest BCUT2D eigenvalue weighted by Crippen LogP contribution is -2.42. The van der Waals surface area contributed by atoms with E-state index >= 15 is 0 Å². The van der Waals surface area contributed by atoms with Gasteiger partial charge in [0.2, 0.25) is 0 Å². The molecule has 1 saturated heterocycles. The van der Waals surface area contributed by atoms with Crippen molar-refractivity contribution in [3.8, 4) is 0 Å². The van der Waals surface area contributed by atoms with Gasteiger partial charge in [-0.2, -0.15) is 5.10 Å². The van der Waals surface area contributed by atoms with Gasteiger partial charge < -0.3 is 9.84 Å². The minimum Gasteiger partial charge on any atom is -0.481 e. The Balaban J connectivity index is 1.92. The lowest BCUT2D eigenvalue weighted by atomic mass is 9.75. The summed E-state index contributed by atoms with van der Waals surface area (Å²) < 4.78 is 7.72.